The number of non-ortho nitro benzene ring substituents is 1. The predicted molar refractivity (Wildman–Crippen MR) is 140 cm³/mol. The number of nitro groups is 1. The third-order valence-electron chi connectivity index (χ3n) is 6.85. The van der Waals surface area contributed by atoms with Crippen molar-refractivity contribution >= 4 is 34.2 Å². The lowest BCUT2D eigenvalue weighted by molar-refractivity contribution is -0.384. The molecule has 2 aromatic carbocycles. The average molecular weight is 514 g/mol. The zero-order chi connectivity index (χ0) is 26.0. The highest BCUT2D eigenvalue weighted by Crippen LogP contribution is 2.36. The Bertz CT molecular complexity index is 1290. The lowest BCUT2D eigenvalue weighted by Gasteiger charge is -2.26. The molecule has 0 amide bonds. The zero-order valence-corrected chi connectivity index (χ0v) is 21.9. The maximum Gasteiger partial charge on any atom is 0.339 e. The largest absolute Gasteiger partial charge is 0.494 e. The number of aromatic nitrogens is 1. The van der Waals surface area contributed by atoms with Gasteiger partial charge >= 0.3 is 5.97 Å². The Kier molecular flexibility index (Phi) is 7.85. The molecule has 3 aromatic rings. The van der Waals surface area contributed by atoms with Gasteiger partial charge in [0.15, 0.2) is 0 Å². The van der Waals surface area contributed by atoms with Gasteiger partial charge in [-0.3, -0.25) is 10.1 Å². The number of carbonyl (C=O) groups excluding carboxylic acids is 1. The van der Waals surface area contributed by atoms with Crippen LogP contribution in [0.5, 0.6) is 5.75 Å². The molecule has 1 heterocycles. The van der Waals surface area contributed by atoms with Gasteiger partial charge in [-0.15, -0.1) is 0 Å². The Balaban J connectivity index is 1.63. The number of fused-ring (bicyclic) bond motifs is 3. The molecular formula is C27H32ClN3O5. The Morgan fingerprint density at radius 3 is 2.72 bits per heavy atom. The number of esters is 1. The molecule has 1 aromatic heterocycles. The van der Waals surface area contributed by atoms with Gasteiger partial charge in [-0.2, -0.15) is 0 Å². The molecule has 36 heavy (non-hydrogen) atoms. The minimum Gasteiger partial charge on any atom is -0.494 e. The first kappa shape index (κ1) is 26.0. The first-order chi connectivity index (χ1) is 17.2. The summed E-state index contributed by atoms with van der Waals surface area (Å²) in [5.41, 5.74) is 3.57. The van der Waals surface area contributed by atoms with Crippen molar-refractivity contribution in [2.75, 3.05) is 20.7 Å². The number of carbonyl (C=O) groups is 1. The fourth-order valence-corrected chi connectivity index (χ4v) is 4.89. The number of hydrogen-bond donors (Lipinski definition) is 0. The minimum absolute atomic E-state index is 0.0117. The summed E-state index contributed by atoms with van der Waals surface area (Å²) in [6.45, 7) is 5.80. The summed E-state index contributed by atoms with van der Waals surface area (Å²) in [7, 11) is 4.16. The summed E-state index contributed by atoms with van der Waals surface area (Å²) >= 11 is 6.16. The molecule has 9 heteroatoms. The molecule has 0 fully saturated rings. The van der Waals surface area contributed by atoms with Crippen LogP contribution in [0.4, 0.5) is 5.69 Å². The molecule has 0 saturated carbocycles. The molecule has 8 nitrogen and oxygen atoms in total. The first-order valence-electron chi connectivity index (χ1n) is 12.3. The number of benzene rings is 2. The van der Waals surface area contributed by atoms with E-state index in [1.165, 1.54) is 29.5 Å². The van der Waals surface area contributed by atoms with Crippen molar-refractivity contribution in [2.24, 2.45) is 0 Å². The highest BCUT2D eigenvalue weighted by atomic mass is 35.5. The molecule has 192 valence electrons. The topological polar surface area (TPSA) is 86.8 Å². The van der Waals surface area contributed by atoms with Crippen LogP contribution in [0.3, 0.4) is 0 Å². The van der Waals surface area contributed by atoms with Crippen molar-refractivity contribution < 1.29 is 19.2 Å². The van der Waals surface area contributed by atoms with Crippen molar-refractivity contribution in [1.82, 2.24) is 9.47 Å². The molecule has 0 N–H and O–H groups in total. The van der Waals surface area contributed by atoms with E-state index in [1.807, 2.05) is 6.07 Å². The van der Waals surface area contributed by atoms with Gasteiger partial charge in [0.05, 0.1) is 22.1 Å². The van der Waals surface area contributed by atoms with Gasteiger partial charge in [0.25, 0.3) is 5.69 Å². The molecular weight excluding hydrogens is 482 g/mol. The van der Waals surface area contributed by atoms with Gasteiger partial charge < -0.3 is 18.9 Å². The van der Waals surface area contributed by atoms with Crippen molar-refractivity contribution in [1.29, 1.82) is 0 Å². The summed E-state index contributed by atoms with van der Waals surface area (Å²) in [6.07, 6.45) is 2.67. The number of rotatable bonds is 9. The number of hydrogen-bond acceptors (Lipinski definition) is 6. The van der Waals surface area contributed by atoms with Crippen molar-refractivity contribution in [2.45, 2.75) is 58.2 Å². The lowest BCUT2D eigenvalue weighted by Crippen LogP contribution is -2.31. The molecule has 0 bridgehead atoms. The molecule has 0 radical (unpaired) electrons. The van der Waals surface area contributed by atoms with Crippen LogP contribution in [0.15, 0.2) is 36.4 Å². The number of likely N-dealkylation sites (N-methyl/N-ethyl adjacent to an activating group) is 1. The fraction of sp³-hybridized carbons (Fsp3) is 0.444. The summed E-state index contributed by atoms with van der Waals surface area (Å²) in [4.78, 5) is 25.5. The van der Waals surface area contributed by atoms with E-state index in [1.54, 1.807) is 0 Å². The molecule has 1 aliphatic carbocycles. The Morgan fingerprint density at radius 2 is 2.06 bits per heavy atom. The SMILES string of the molecule is CCCOc1ccc2c(c1)c1c(n2CC(C)N(C)C)CCC(OC(=O)c2ccc([N+](=O)[O-])cc2Cl)C1. The summed E-state index contributed by atoms with van der Waals surface area (Å²) in [5.74, 6) is 0.266. The molecule has 0 spiro atoms. The van der Waals surface area contributed by atoms with E-state index in [2.05, 4.69) is 49.5 Å². The van der Waals surface area contributed by atoms with Gasteiger partial charge in [0.1, 0.15) is 11.9 Å². The van der Waals surface area contributed by atoms with E-state index in [-0.39, 0.29) is 22.4 Å². The number of halogens is 1. The quantitative estimate of drug-likeness (QED) is 0.208. The second kappa shape index (κ2) is 10.9. The highest BCUT2D eigenvalue weighted by molar-refractivity contribution is 6.33. The van der Waals surface area contributed by atoms with Crippen LogP contribution in [0.25, 0.3) is 10.9 Å². The van der Waals surface area contributed by atoms with E-state index < -0.39 is 10.9 Å². The maximum absolute atomic E-state index is 12.9. The normalized spacial score (nSPS) is 16.1. The minimum atomic E-state index is -0.569. The van der Waals surface area contributed by atoms with Crippen molar-refractivity contribution in [3.8, 4) is 5.75 Å². The van der Waals surface area contributed by atoms with Gasteiger partial charge in [0, 0.05) is 47.7 Å². The van der Waals surface area contributed by atoms with Gasteiger partial charge in [0.2, 0.25) is 0 Å². The van der Waals surface area contributed by atoms with E-state index >= 15 is 0 Å². The Hall–Kier alpha value is -3.10. The molecule has 1 aliphatic rings. The smallest absolute Gasteiger partial charge is 0.339 e. The van der Waals surface area contributed by atoms with Crippen LogP contribution in [-0.2, 0) is 24.1 Å². The lowest BCUT2D eigenvalue weighted by atomic mass is 9.93. The fourth-order valence-electron chi connectivity index (χ4n) is 4.64. The Morgan fingerprint density at radius 1 is 1.28 bits per heavy atom. The number of nitrogens with zero attached hydrogens (tertiary/aromatic N) is 3. The summed E-state index contributed by atoms with van der Waals surface area (Å²) < 4.78 is 14.1. The van der Waals surface area contributed by atoms with Gasteiger partial charge in [-0.05, 0) is 70.1 Å². The van der Waals surface area contributed by atoms with Crippen LogP contribution in [-0.4, -0.2) is 53.2 Å². The van der Waals surface area contributed by atoms with Crippen LogP contribution in [0.1, 0.15) is 48.3 Å². The number of ether oxygens (including phenoxy) is 2. The van der Waals surface area contributed by atoms with E-state index in [9.17, 15) is 14.9 Å². The third kappa shape index (κ3) is 5.34. The van der Waals surface area contributed by atoms with Crippen molar-refractivity contribution in [3.05, 3.63) is 68.4 Å². The van der Waals surface area contributed by atoms with Crippen LogP contribution in [0.2, 0.25) is 5.02 Å². The van der Waals surface area contributed by atoms with E-state index in [0.717, 1.165) is 36.0 Å². The van der Waals surface area contributed by atoms with Gasteiger partial charge in [-0.25, -0.2) is 4.79 Å². The molecule has 4 rings (SSSR count). The second-order valence-corrected chi connectivity index (χ2v) is 9.97. The van der Waals surface area contributed by atoms with Crippen LogP contribution < -0.4 is 4.74 Å². The Labute approximate surface area is 215 Å². The van der Waals surface area contributed by atoms with E-state index in [4.69, 9.17) is 21.1 Å². The second-order valence-electron chi connectivity index (χ2n) is 9.57. The van der Waals surface area contributed by atoms with Gasteiger partial charge in [-0.1, -0.05) is 18.5 Å². The van der Waals surface area contributed by atoms with Crippen LogP contribution in [0, 0.1) is 10.1 Å². The summed E-state index contributed by atoms with van der Waals surface area (Å²) in [6, 6.07) is 10.4. The maximum atomic E-state index is 12.9. The molecule has 2 atom stereocenters. The van der Waals surface area contributed by atoms with Crippen LogP contribution >= 0.6 is 11.6 Å². The van der Waals surface area contributed by atoms with Crippen molar-refractivity contribution in [3.63, 3.8) is 0 Å². The monoisotopic (exact) mass is 513 g/mol. The highest BCUT2D eigenvalue weighted by Gasteiger charge is 2.29. The van der Waals surface area contributed by atoms with E-state index in [0.29, 0.717) is 25.5 Å². The average Bonchev–Trinajstić information content (AvgIpc) is 3.14. The standard InChI is InChI=1S/C27H32ClN3O5/c1-5-12-35-19-7-10-25-22(14-19)23-15-20(8-11-26(23)30(25)16-17(2)29(3)4)36-27(32)21-9-6-18(31(33)34)13-24(21)28/h6-7,9-10,13-14,17,20H,5,8,11-12,15-16H2,1-4H3. The molecule has 2 unspecified atom stereocenters. The third-order valence-corrected chi connectivity index (χ3v) is 7.16. The first-order valence-corrected chi connectivity index (χ1v) is 12.7. The molecule has 0 aliphatic heterocycles. The molecule has 0 saturated heterocycles. The zero-order valence-electron chi connectivity index (χ0n) is 21.1. The predicted octanol–water partition coefficient (Wildman–Crippen LogP) is 5.66. The summed E-state index contributed by atoms with van der Waals surface area (Å²) in [5, 5.41) is 12.1. The number of nitro benzene ring substituents is 1.